The van der Waals surface area contributed by atoms with Crippen molar-refractivity contribution in [3.63, 3.8) is 0 Å². The van der Waals surface area contributed by atoms with Crippen LogP contribution in [0.15, 0.2) is 0 Å². The third-order valence-electron chi connectivity index (χ3n) is 1.96. The van der Waals surface area contributed by atoms with Crippen molar-refractivity contribution in [2.75, 3.05) is 0 Å². The van der Waals surface area contributed by atoms with Gasteiger partial charge in [0.05, 0.1) is 7.85 Å². The van der Waals surface area contributed by atoms with Crippen molar-refractivity contribution in [3.05, 3.63) is 0 Å². The summed E-state index contributed by atoms with van der Waals surface area (Å²) in [5, 5.41) is 0. The molecule has 19 heavy (non-hydrogen) atoms. The molecular weight excluding hydrogens is 277 g/mol. The molecule has 9 heteroatoms. The Hall–Kier alpha value is -0.885. The van der Waals surface area contributed by atoms with Gasteiger partial charge in [-0.1, -0.05) is 20.8 Å². The molecule has 0 heterocycles. The molecule has 0 aliphatic heterocycles. The highest BCUT2D eigenvalue weighted by Crippen LogP contribution is 2.37. The lowest BCUT2D eigenvalue weighted by Gasteiger charge is -2.26. The molecule has 0 aliphatic rings. The van der Waals surface area contributed by atoms with Crippen LogP contribution in [0.5, 0.6) is 0 Å². The molecule has 2 radical (unpaired) electrons. The first-order chi connectivity index (χ1) is 8.14. The fourth-order valence-corrected chi connectivity index (χ4v) is 1.27. The first-order valence-electron chi connectivity index (χ1n) is 5.24. The second kappa shape index (κ2) is 5.62. The van der Waals surface area contributed by atoms with Gasteiger partial charge in [-0.15, -0.1) is 0 Å². The standard InChI is InChI=1S/C10H13BF6O2/c1-8(2,3)4-5(11)6(18)19-7(9(12,13)14)10(15,16)17/h5,7H,4H2,1-3H3. The first kappa shape index (κ1) is 18.1. The fourth-order valence-electron chi connectivity index (χ4n) is 1.27. The van der Waals surface area contributed by atoms with E-state index in [0.717, 1.165) is 0 Å². The molecule has 1 atom stereocenters. The maximum Gasteiger partial charge on any atom is 0.434 e. The van der Waals surface area contributed by atoms with Gasteiger partial charge in [0.1, 0.15) is 0 Å². The lowest BCUT2D eigenvalue weighted by Crippen LogP contribution is -2.46. The van der Waals surface area contributed by atoms with Crippen LogP contribution in [-0.2, 0) is 9.53 Å². The topological polar surface area (TPSA) is 26.3 Å². The van der Waals surface area contributed by atoms with E-state index < -0.39 is 35.7 Å². The highest BCUT2D eigenvalue weighted by Gasteiger charge is 2.60. The summed E-state index contributed by atoms with van der Waals surface area (Å²) in [6.07, 6.45) is -15.7. The molecule has 0 amide bonds. The van der Waals surface area contributed by atoms with Crippen LogP contribution in [0.4, 0.5) is 26.3 Å². The summed E-state index contributed by atoms with van der Waals surface area (Å²) >= 11 is 0. The van der Waals surface area contributed by atoms with Crippen LogP contribution in [0, 0.1) is 5.41 Å². The zero-order valence-electron chi connectivity index (χ0n) is 10.5. The van der Waals surface area contributed by atoms with Crippen molar-refractivity contribution in [3.8, 4) is 0 Å². The Bertz CT molecular complexity index is 303. The Labute approximate surface area is 107 Å². The molecular formula is C10H13BF6O2. The SMILES string of the molecule is [B]C(CC(C)(C)C)C(=O)OC(C(F)(F)F)C(F)(F)F. The molecule has 0 spiro atoms. The van der Waals surface area contributed by atoms with Crippen molar-refractivity contribution < 1.29 is 35.9 Å². The van der Waals surface area contributed by atoms with Gasteiger partial charge in [0, 0.05) is 5.82 Å². The van der Waals surface area contributed by atoms with Crippen molar-refractivity contribution >= 4 is 13.8 Å². The Kier molecular flexibility index (Phi) is 5.36. The van der Waals surface area contributed by atoms with E-state index in [1.165, 1.54) is 0 Å². The summed E-state index contributed by atoms with van der Waals surface area (Å²) in [6.45, 7) is 4.89. The summed E-state index contributed by atoms with van der Waals surface area (Å²) in [5.74, 6) is -3.28. The predicted molar refractivity (Wildman–Crippen MR) is 55.6 cm³/mol. The lowest BCUT2D eigenvalue weighted by molar-refractivity contribution is -0.313. The minimum atomic E-state index is -5.73. The average Bonchev–Trinajstić information content (AvgIpc) is 2.06. The van der Waals surface area contributed by atoms with Gasteiger partial charge in [0.2, 0.25) is 0 Å². The molecule has 0 aliphatic carbocycles. The van der Waals surface area contributed by atoms with Gasteiger partial charge in [0.25, 0.3) is 6.10 Å². The summed E-state index contributed by atoms with van der Waals surface area (Å²) in [4.78, 5) is 11.2. The number of ether oxygens (including phenoxy) is 1. The maximum absolute atomic E-state index is 12.1. The van der Waals surface area contributed by atoms with E-state index in [-0.39, 0.29) is 6.42 Å². The van der Waals surface area contributed by atoms with Crippen LogP contribution in [0.2, 0.25) is 5.82 Å². The molecule has 0 saturated carbocycles. The molecule has 0 rings (SSSR count). The summed E-state index contributed by atoms with van der Waals surface area (Å²) in [6, 6.07) is 0. The third-order valence-corrected chi connectivity index (χ3v) is 1.96. The van der Waals surface area contributed by atoms with Gasteiger partial charge in [-0.25, -0.2) is 0 Å². The molecule has 110 valence electrons. The number of rotatable bonds is 3. The van der Waals surface area contributed by atoms with Gasteiger partial charge in [-0.05, 0) is 11.8 Å². The molecule has 0 aromatic carbocycles. The average molecular weight is 290 g/mol. The van der Waals surface area contributed by atoms with Gasteiger partial charge < -0.3 is 4.74 Å². The molecule has 1 unspecified atom stereocenters. The van der Waals surface area contributed by atoms with Gasteiger partial charge in [-0.2, -0.15) is 26.3 Å². The van der Waals surface area contributed by atoms with Crippen molar-refractivity contribution in [2.24, 2.45) is 5.41 Å². The Morgan fingerprint density at radius 2 is 1.42 bits per heavy atom. The molecule has 0 saturated heterocycles. The summed E-state index contributed by atoms with van der Waals surface area (Å²) in [7, 11) is 5.23. The predicted octanol–water partition coefficient (Wildman–Crippen LogP) is 3.42. The number of carbonyl (C=O) groups is 1. The maximum atomic E-state index is 12.1. The lowest BCUT2D eigenvalue weighted by atomic mass is 9.75. The van der Waals surface area contributed by atoms with Crippen LogP contribution in [0.1, 0.15) is 27.2 Å². The number of halogens is 6. The van der Waals surface area contributed by atoms with Gasteiger partial charge in [0.15, 0.2) is 0 Å². The molecule has 0 fully saturated rings. The molecule has 0 aromatic rings. The Balaban J connectivity index is 4.84. The summed E-state index contributed by atoms with van der Waals surface area (Å²) in [5.41, 5.74) is -0.537. The molecule has 2 nitrogen and oxygen atoms in total. The molecule has 0 bridgehead atoms. The van der Waals surface area contributed by atoms with E-state index in [2.05, 4.69) is 4.74 Å². The van der Waals surface area contributed by atoms with E-state index in [1.54, 1.807) is 20.8 Å². The van der Waals surface area contributed by atoms with Crippen LogP contribution < -0.4 is 0 Å². The Morgan fingerprint density at radius 3 is 1.68 bits per heavy atom. The van der Waals surface area contributed by atoms with Crippen molar-refractivity contribution in [2.45, 2.75) is 51.5 Å². The number of carbonyl (C=O) groups excluding carboxylic acids is 1. The molecule has 0 N–H and O–H groups in total. The second-order valence-electron chi connectivity index (χ2n) is 5.27. The third kappa shape index (κ3) is 6.72. The van der Waals surface area contributed by atoms with E-state index in [4.69, 9.17) is 7.85 Å². The van der Waals surface area contributed by atoms with Crippen LogP contribution in [-0.4, -0.2) is 32.3 Å². The molecule has 0 aromatic heterocycles. The zero-order chi connectivity index (χ0) is 15.6. The van der Waals surface area contributed by atoms with Crippen LogP contribution in [0.25, 0.3) is 0 Å². The summed E-state index contributed by atoms with van der Waals surface area (Å²) < 4.78 is 76.3. The number of hydrogen-bond donors (Lipinski definition) is 0. The van der Waals surface area contributed by atoms with Crippen molar-refractivity contribution in [1.82, 2.24) is 0 Å². The first-order valence-corrected chi connectivity index (χ1v) is 5.24. The Morgan fingerprint density at radius 1 is 1.05 bits per heavy atom. The number of alkyl halides is 6. The zero-order valence-corrected chi connectivity index (χ0v) is 10.5. The van der Waals surface area contributed by atoms with E-state index in [1.807, 2.05) is 0 Å². The van der Waals surface area contributed by atoms with Crippen LogP contribution in [0.3, 0.4) is 0 Å². The highest BCUT2D eigenvalue weighted by molar-refractivity contribution is 6.22. The minimum absolute atomic E-state index is 0.103. The monoisotopic (exact) mass is 290 g/mol. The van der Waals surface area contributed by atoms with E-state index >= 15 is 0 Å². The highest BCUT2D eigenvalue weighted by atomic mass is 19.4. The van der Waals surface area contributed by atoms with Crippen LogP contribution >= 0.6 is 0 Å². The van der Waals surface area contributed by atoms with Gasteiger partial charge >= 0.3 is 18.3 Å². The fraction of sp³-hybridized carbons (Fsp3) is 0.900. The van der Waals surface area contributed by atoms with E-state index in [0.29, 0.717) is 0 Å². The second-order valence-corrected chi connectivity index (χ2v) is 5.27. The largest absolute Gasteiger partial charge is 0.443 e. The number of hydrogen-bond acceptors (Lipinski definition) is 2. The normalized spacial score (nSPS) is 15.5. The number of esters is 1. The van der Waals surface area contributed by atoms with Crippen molar-refractivity contribution in [1.29, 1.82) is 0 Å². The quantitative estimate of drug-likeness (QED) is 0.452. The smallest absolute Gasteiger partial charge is 0.434 e. The van der Waals surface area contributed by atoms with Gasteiger partial charge in [-0.3, -0.25) is 4.79 Å². The van der Waals surface area contributed by atoms with E-state index in [9.17, 15) is 31.1 Å². The minimum Gasteiger partial charge on any atom is -0.443 e.